The normalized spacial score (nSPS) is 10.2. The molecule has 0 fully saturated rings. The van der Waals surface area contributed by atoms with Crippen LogP contribution in [0.2, 0.25) is 0 Å². The van der Waals surface area contributed by atoms with Crippen LogP contribution in [-0.4, -0.2) is 38.0 Å². The molecular weight excluding hydrogens is 372 g/mol. The number of anilines is 1. The summed E-state index contributed by atoms with van der Waals surface area (Å²) >= 11 is 0. The molecule has 0 saturated heterocycles. The highest BCUT2D eigenvalue weighted by Gasteiger charge is 2.20. The first kappa shape index (κ1) is 21.9. The van der Waals surface area contributed by atoms with Crippen molar-refractivity contribution < 1.29 is 23.9 Å². The van der Waals surface area contributed by atoms with E-state index in [1.54, 1.807) is 38.3 Å². The summed E-state index contributed by atoms with van der Waals surface area (Å²) in [5, 5.41) is 2.83. The number of benzene rings is 2. The molecule has 0 heterocycles. The van der Waals surface area contributed by atoms with Gasteiger partial charge in [-0.3, -0.25) is 9.59 Å². The molecule has 154 valence electrons. The molecule has 0 aliphatic rings. The number of esters is 1. The Bertz CT molecular complexity index is 866. The zero-order valence-electron chi connectivity index (χ0n) is 16.9. The molecule has 0 saturated carbocycles. The molecule has 2 amide bonds. The average Bonchev–Trinajstić information content (AvgIpc) is 2.72. The third-order valence-corrected chi connectivity index (χ3v) is 4.30. The maximum atomic E-state index is 12.3. The van der Waals surface area contributed by atoms with E-state index in [1.165, 1.54) is 11.8 Å². The average molecular weight is 398 g/mol. The van der Waals surface area contributed by atoms with E-state index in [2.05, 4.69) is 5.32 Å². The Hall–Kier alpha value is -3.35. The fourth-order valence-corrected chi connectivity index (χ4v) is 2.88. The van der Waals surface area contributed by atoms with Gasteiger partial charge in [0.2, 0.25) is 11.8 Å². The van der Waals surface area contributed by atoms with E-state index in [0.29, 0.717) is 23.5 Å². The molecule has 0 aliphatic heterocycles. The molecule has 0 aliphatic carbocycles. The quantitative estimate of drug-likeness (QED) is 0.657. The van der Waals surface area contributed by atoms with Gasteiger partial charge in [-0.15, -0.1) is 0 Å². The van der Waals surface area contributed by atoms with Crippen LogP contribution in [0, 0.1) is 0 Å². The zero-order valence-corrected chi connectivity index (χ0v) is 16.9. The van der Waals surface area contributed by atoms with Crippen LogP contribution in [0.4, 0.5) is 5.69 Å². The molecule has 7 nitrogen and oxygen atoms in total. The largest absolute Gasteiger partial charge is 0.496 e. The first-order valence-electron chi connectivity index (χ1n) is 9.40. The van der Waals surface area contributed by atoms with Crippen molar-refractivity contribution in [3.05, 3.63) is 59.7 Å². The third kappa shape index (κ3) is 6.07. The lowest BCUT2D eigenvalue weighted by Crippen LogP contribution is -2.34. The Morgan fingerprint density at radius 1 is 1.03 bits per heavy atom. The predicted molar refractivity (Wildman–Crippen MR) is 110 cm³/mol. The van der Waals surface area contributed by atoms with Crippen molar-refractivity contribution >= 4 is 23.5 Å². The molecule has 2 rings (SSSR count). The molecule has 0 bridgehead atoms. The number of para-hydroxylation sites is 2. The minimum Gasteiger partial charge on any atom is -0.496 e. The van der Waals surface area contributed by atoms with Crippen molar-refractivity contribution in [3.8, 4) is 5.75 Å². The molecule has 0 aromatic heterocycles. The van der Waals surface area contributed by atoms with Crippen LogP contribution in [0.5, 0.6) is 5.75 Å². The van der Waals surface area contributed by atoms with Gasteiger partial charge in [0.1, 0.15) is 5.75 Å². The number of carbonyl (C=O) groups is 3. The predicted octanol–water partition coefficient (Wildman–Crippen LogP) is 2.93. The summed E-state index contributed by atoms with van der Waals surface area (Å²) < 4.78 is 10.3. The summed E-state index contributed by atoms with van der Waals surface area (Å²) in [4.78, 5) is 38.1. The van der Waals surface area contributed by atoms with Crippen molar-refractivity contribution in [2.75, 3.05) is 25.2 Å². The monoisotopic (exact) mass is 398 g/mol. The van der Waals surface area contributed by atoms with E-state index < -0.39 is 5.97 Å². The maximum absolute atomic E-state index is 12.3. The Balaban J connectivity index is 2.04. The van der Waals surface area contributed by atoms with Crippen LogP contribution in [0.15, 0.2) is 48.5 Å². The van der Waals surface area contributed by atoms with Gasteiger partial charge in [0, 0.05) is 32.0 Å². The number of methoxy groups -OCH3 is 1. The molecule has 1 N–H and O–H groups in total. The number of carbonyl (C=O) groups excluding carboxylic acids is 3. The third-order valence-electron chi connectivity index (χ3n) is 4.30. The molecule has 0 unspecified atom stereocenters. The number of ether oxygens (including phenoxy) is 2. The molecule has 0 spiro atoms. The fraction of sp³-hybridized carbons (Fsp3) is 0.318. The van der Waals surface area contributed by atoms with Gasteiger partial charge in [-0.1, -0.05) is 30.3 Å². The molecule has 29 heavy (non-hydrogen) atoms. The van der Waals surface area contributed by atoms with Crippen LogP contribution in [-0.2, 0) is 20.9 Å². The van der Waals surface area contributed by atoms with Gasteiger partial charge in [0.15, 0.2) is 0 Å². The van der Waals surface area contributed by atoms with Crippen molar-refractivity contribution in [1.82, 2.24) is 5.32 Å². The Morgan fingerprint density at radius 3 is 2.41 bits per heavy atom. The van der Waals surface area contributed by atoms with E-state index in [1.807, 2.05) is 24.3 Å². The highest BCUT2D eigenvalue weighted by Crippen LogP contribution is 2.22. The van der Waals surface area contributed by atoms with Crippen molar-refractivity contribution in [2.24, 2.45) is 0 Å². The molecular formula is C22H26N2O5. The van der Waals surface area contributed by atoms with Gasteiger partial charge in [0.25, 0.3) is 0 Å². The van der Waals surface area contributed by atoms with Gasteiger partial charge in [-0.2, -0.15) is 0 Å². The zero-order chi connectivity index (χ0) is 21.2. The summed E-state index contributed by atoms with van der Waals surface area (Å²) in [6, 6.07) is 14.1. The number of amides is 2. The van der Waals surface area contributed by atoms with Crippen LogP contribution >= 0.6 is 0 Å². The van der Waals surface area contributed by atoms with Crippen LogP contribution in [0.25, 0.3) is 0 Å². The van der Waals surface area contributed by atoms with E-state index in [0.717, 1.165) is 5.56 Å². The Labute approximate surface area is 170 Å². The number of nitrogens with one attached hydrogen (secondary N) is 1. The van der Waals surface area contributed by atoms with Gasteiger partial charge < -0.3 is 19.7 Å². The summed E-state index contributed by atoms with van der Waals surface area (Å²) in [5.41, 5.74) is 1.58. The van der Waals surface area contributed by atoms with Gasteiger partial charge in [0.05, 0.1) is 25.0 Å². The van der Waals surface area contributed by atoms with Crippen molar-refractivity contribution in [1.29, 1.82) is 0 Å². The maximum Gasteiger partial charge on any atom is 0.340 e. The topological polar surface area (TPSA) is 84.9 Å². The highest BCUT2D eigenvalue weighted by molar-refractivity contribution is 6.02. The van der Waals surface area contributed by atoms with Crippen LogP contribution in [0.1, 0.15) is 36.2 Å². The lowest BCUT2D eigenvalue weighted by atomic mass is 10.1. The SMILES string of the molecule is CCOC(=O)c1ccccc1N(CCC(=O)NCc1ccccc1OC)C(C)=O. The lowest BCUT2D eigenvalue weighted by molar-refractivity contribution is -0.121. The number of hydrogen-bond donors (Lipinski definition) is 1. The van der Waals surface area contributed by atoms with Gasteiger partial charge in [-0.05, 0) is 25.1 Å². The summed E-state index contributed by atoms with van der Waals surface area (Å²) in [7, 11) is 1.58. The second-order valence-electron chi connectivity index (χ2n) is 6.25. The second-order valence-corrected chi connectivity index (χ2v) is 6.25. The number of nitrogens with zero attached hydrogens (tertiary/aromatic N) is 1. The van der Waals surface area contributed by atoms with E-state index in [-0.39, 0.29) is 31.4 Å². The number of rotatable bonds is 9. The molecule has 0 radical (unpaired) electrons. The first-order valence-corrected chi connectivity index (χ1v) is 9.40. The van der Waals surface area contributed by atoms with Crippen molar-refractivity contribution in [3.63, 3.8) is 0 Å². The van der Waals surface area contributed by atoms with Crippen LogP contribution in [0.3, 0.4) is 0 Å². The lowest BCUT2D eigenvalue weighted by Gasteiger charge is -2.23. The minimum absolute atomic E-state index is 0.0892. The molecule has 7 heteroatoms. The summed E-state index contributed by atoms with van der Waals surface area (Å²) in [5.74, 6) is -0.286. The smallest absolute Gasteiger partial charge is 0.340 e. The second kappa shape index (κ2) is 10.8. The first-order chi connectivity index (χ1) is 14.0. The Morgan fingerprint density at radius 2 is 1.72 bits per heavy atom. The fourth-order valence-electron chi connectivity index (χ4n) is 2.88. The molecule has 2 aromatic rings. The van der Waals surface area contributed by atoms with Gasteiger partial charge in [-0.25, -0.2) is 4.79 Å². The summed E-state index contributed by atoms with van der Waals surface area (Å²) in [6.07, 6.45) is 0.0892. The summed E-state index contributed by atoms with van der Waals surface area (Å²) in [6.45, 7) is 3.81. The van der Waals surface area contributed by atoms with E-state index in [9.17, 15) is 14.4 Å². The van der Waals surface area contributed by atoms with Gasteiger partial charge >= 0.3 is 5.97 Å². The highest BCUT2D eigenvalue weighted by atomic mass is 16.5. The molecule has 0 atom stereocenters. The van der Waals surface area contributed by atoms with E-state index >= 15 is 0 Å². The minimum atomic E-state index is -0.505. The Kier molecular flexibility index (Phi) is 8.21. The molecule has 2 aromatic carbocycles. The van der Waals surface area contributed by atoms with Crippen molar-refractivity contribution in [2.45, 2.75) is 26.8 Å². The standard InChI is InChI=1S/C22H26N2O5/c1-4-29-22(27)18-10-6-7-11-19(18)24(16(2)25)14-13-21(26)23-15-17-9-5-8-12-20(17)28-3/h5-12H,4,13-15H2,1-3H3,(H,23,26). The number of hydrogen-bond acceptors (Lipinski definition) is 5. The van der Waals surface area contributed by atoms with E-state index in [4.69, 9.17) is 9.47 Å². The van der Waals surface area contributed by atoms with Crippen LogP contribution < -0.4 is 15.0 Å².